The van der Waals surface area contributed by atoms with Crippen LogP contribution in [0.2, 0.25) is 5.02 Å². The Morgan fingerprint density at radius 3 is 2.86 bits per heavy atom. The smallest absolute Gasteiger partial charge is 0.177 e. The SMILES string of the molecule is CC1CCC(C(=O)c2sccc2Cl)C1. The summed E-state index contributed by atoms with van der Waals surface area (Å²) in [4.78, 5) is 12.8. The van der Waals surface area contributed by atoms with Crippen LogP contribution >= 0.6 is 22.9 Å². The second-order valence-electron chi connectivity index (χ2n) is 4.08. The van der Waals surface area contributed by atoms with Crippen LogP contribution in [0.4, 0.5) is 0 Å². The lowest BCUT2D eigenvalue weighted by atomic mass is 10.00. The predicted molar refractivity (Wildman–Crippen MR) is 60.2 cm³/mol. The van der Waals surface area contributed by atoms with Crippen LogP contribution in [0.3, 0.4) is 0 Å². The Hall–Kier alpha value is -0.340. The minimum absolute atomic E-state index is 0.223. The summed E-state index contributed by atoms with van der Waals surface area (Å²) in [7, 11) is 0. The Morgan fingerprint density at radius 2 is 2.36 bits per heavy atom. The molecule has 0 radical (unpaired) electrons. The number of hydrogen-bond acceptors (Lipinski definition) is 2. The summed E-state index contributed by atoms with van der Waals surface area (Å²) >= 11 is 7.40. The molecule has 2 atom stereocenters. The normalized spacial score (nSPS) is 26.7. The lowest BCUT2D eigenvalue weighted by molar-refractivity contribution is 0.0925. The molecular formula is C11H13ClOS. The van der Waals surface area contributed by atoms with Crippen molar-refractivity contribution in [3.63, 3.8) is 0 Å². The molecule has 2 rings (SSSR count). The highest BCUT2D eigenvalue weighted by atomic mass is 35.5. The van der Waals surface area contributed by atoms with E-state index in [4.69, 9.17) is 11.6 Å². The number of Topliss-reactive ketones (excluding diaryl/α,β-unsaturated/α-hetero) is 1. The molecule has 0 saturated heterocycles. The Morgan fingerprint density at radius 1 is 1.57 bits per heavy atom. The Kier molecular flexibility index (Phi) is 2.93. The first-order valence-corrected chi connectivity index (χ1v) is 6.21. The fraction of sp³-hybridized carbons (Fsp3) is 0.545. The van der Waals surface area contributed by atoms with Gasteiger partial charge in [-0.15, -0.1) is 11.3 Å². The van der Waals surface area contributed by atoms with Crippen molar-refractivity contribution in [1.29, 1.82) is 0 Å². The first kappa shape index (κ1) is 10.2. The van der Waals surface area contributed by atoms with Gasteiger partial charge in [-0.2, -0.15) is 0 Å². The summed E-state index contributed by atoms with van der Waals surface area (Å²) in [6.45, 7) is 2.21. The van der Waals surface area contributed by atoms with E-state index in [2.05, 4.69) is 6.92 Å². The minimum Gasteiger partial charge on any atom is -0.293 e. The van der Waals surface area contributed by atoms with E-state index in [1.54, 1.807) is 6.07 Å². The summed E-state index contributed by atoms with van der Waals surface area (Å²) in [6, 6.07) is 1.80. The molecule has 3 heteroatoms. The van der Waals surface area contributed by atoms with Crippen molar-refractivity contribution >= 4 is 28.7 Å². The standard InChI is InChI=1S/C11H13ClOS/c1-7-2-3-8(6-7)10(13)11-9(12)4-5-14-11/h4-5,7-8H,2-3,6H2,1H3. The molecular weight excluding hydrogens is 216 g/mol. The molecule has 0 bridgehead atoms. The van der Waals surface area contributed by atoms with Gasteiger partial charge >= 0.3 is 0 Å². The van der Waals surface area contributed by atoms with Crippen molar-refractivity contribution in [1.82, 2.24) is 0 Å². The van der Waals surface area contributed by atoms with E-state index in [1.165, 1.54) is 17.8 Å². The zero-order chi connectivity index (χ0) is 10.1. The van der Waals surface area contributed by atoms with Crippen molar-refractivity contribution in [3.05, 3.63) is 21.3 Å². The van der Waals surface area contributed by atoms with Crippen molar-refractivity contribution < 1.29 is 4.79 Å². The van der Waals surface area contributed by atoms with Crippen LogP contribution in [0.5, 0.6) is 0 Å². The molecule has 1 heterocycles. The van der Waals surface area contributed by atoms with Gasteiger partial charge in [0.1, 0.15) is 0 Å². The van der Waals surface area contributed by atoms with E-state index in [0.29, 0.717) is 10.9 Å². The third-order valence-corrected chi connectivity index (χ3v) is 4.26. The van der Waals surface area contributed by atoms with Crippen LogP contribution in [0.15, 0.2) is 11.4 Å². The summed E-state index contributed by atoms with van der Waals surface area (Å²) in [5.74, 6) is 1.18. The molecule has 1 aromatic rings. The van der Waals surface area contributed by atoms with Gasteiger partial charge in [0.2, 0.25) is 0 Å². The fourth-order valence-corrected chi connectivity index (χ4v) is 3.27. The number of carbonyl (C=O) groups excluding carboxylic acids is 1. The molecule has 0 aromatic carbocycles. The maximum absolute atomic E-state index is 12.0. The number of carbonyl (C=O) groups is 1. The molecule has 1 nitrogen and oxygen atoms in total. The average Bonchev–Trinajstić information content (AvgIpc) is 2.73. The van der Waals surface area contributed by atoms with Gasteiger partial charge in [-0.3, -0.25) is 4.79 Å². The first-order valence-electron chi connectivity index (χ1n) is 4.95. The lowest BCUT2D eigenvalue weighted by Crippen LogP contribution is -2.10. The Balaban J connectivity index is 2.13. The van der Waals surface area contributed by atoms with Crippen molar-refractivity contribution in [2.45, 2.75) is 26.2 Å². The summed E-state index contributed by atoms with van der Waals surface area (Å²) < 4.78 is 0. The second kappa shape index (κ2) is 4.03. The highest BCUT2D eigenvalue weighted by molar-refractivity contribution is 7.12. The topological polar surface area (TPSA) is 17.1 Å². The fourth-order valence-electron chi connectivity index (χ4n) is 2.10. The van der Waals surface area contributed by atoms with Crippen LogP contribution < -0.4 is 0 Å². The van der Waals surface area contributed by atoms with Crippen LogP contribution in [0.25, 0.3) is 0 Å². The quantitative estimate of drug-likeness (QED) is 0.699. The molecule has 14 heavy (non-hydrogen) atoms. The molecule has 1 fully saturated rings. The molecule has 0 aliphatic heterocycles. The third-order valence-electron chi connectivity index (χ3n) is 2.91. The molecule has 76 valence electrons. The number of halogens is 1. The Labute approximate surface area is 93.1 Å². The van der Waals surface area contributed by atoms with Crippen LogP contribution in [-0.2, 0) is 0 Å². The maximum atomic E-state index is 12.0. The number of ketones is 1. The monoisotopic (exact) mass is 228 g/mol. The van der Waals surface area contributed by atoms with E-state index in [9.17, 15) is 4.79 Å². The van der Waals surface area contributed by atoms with Gasteiger partial charge in [-0.05, 0) is 36.6 Å². The molecule has 0 spiro atoms. The van der Waals surface area contributed by atoms with Gasteiger partial charge in [0.15, 0.2) is 5.78 Å². The highest BCUT2D eigenvalue weighted by Crippen LogP contribution is 2.35. The van der Waals surface area contributed by atoms with Crippen molar-refractivity contribution in [3.8, 4) is 0 Å². The second-order valence-corrected chi connectivity index (χ2v) is 5.40. The molecule has 1 aliphatic rings. The summed E-state index contributed by atoms with van der Waals surface area (Å²) in [5, 5.41) is 2.51. The lowest BCUT2D eigenvalue weighted by Gasteiger charge is -2.06. The van der Waals surface area contributed by atoms with Gasteiger partial charge in [0.25, 0.3) is 0 Å². The summed E-state index contributed by atoms with van der Waals surface area (Å²) in [6.07, 6.45) is 3.25. The van der Waals surface area contributed by atoms with E-state index < -0.39 is 0 Å². The molecule has 0 amide bonds. The van der Waals surface area contributed by atoms with Crippen molar-refractivity contribution in [2.24, 2.45) is 11.8 Å². The molecule has 1 aromatic heterocycles. The number of hydrogen-bond donors (Lipinski definition) is 0. The summed E-state index contributed by atoms with van der Waals surface area (Å²) in [5.41, 5.74) is 0. The molecule has 0 N–H and O–H groups in total. The van der Waals surface area contributed by atoms with Gasteiger partial charge in [0, 0.05) is 5.92 Å². The molecule has 1 saturated carbocycles. The van der Waals surface area contributed by atoms with E-state index >= 15 is 0 Å². The highest BCUT2D eigenvalue weighted by Gasteiger charge is 2.29. The van der Waals surface area contributed by atoms with Gasteiger partial charge < -0.3 is 0 Å². The minimum atomic E-state index is 0.223. The molecule has 1 aliphatic carbocycles. The van der Waals surface area contributed by atoms with Crippen molar-refractivity contribution in [2.75, 3.05) is 0 Å². The van der Waals surface area contributed by atoms with E-state index in [0.717, 1.165) is 17.7 Å². The predicted octanol–water partition coefficient (Wildman–Crippen LogP) is 4.02. The van der Waals surface area contributed by atoms with Gasteiger partial charge in [0.05, 0.1) is 9.90 Å². The number of thiophene rings is 1. The first-order chi connectivity index (χ1) is 6.68. The van der Waals surface area contributed by atoms with Gasteiger partial charge in [-0.25, -0.2) is 0 Å². The molecule has 2 unspecified atom stereocenters. The zero-order valence-corrected chi connectivity index (χ0v) is 9.70. The zero-order valence-electron chi connectivity index (χ0n) is 8.13. The average molecular weight is 229 g/mol. The maximum Gasteiger partial charge on any atom is 0.177 e. The van der Waals surface area contributed by atoms with Crippen LogP contribution in [-0.4, -0.2) is 5.78 Å². The van der Waals surface area contributed by atoms with E-state index in [1.807, 2.05) is 5.38 Å². The van der Waals surface area contributed by atoms with Crippen LogP contribution in [0.1, 0.15) is 35.9 Å². The van der Waals surface area contributed by atoms with E-state index in [-0.39, 0.29) is 11.7 Å². The largest absolute Gasteiger partial charge is 0.293 e. The Bertz CT molecular complexity index is 345. The van der Waals surface area contributed by atoms with Gasteiger partial charge in [-0.1, -0.05) is 18.5 Å². The van der Waals surface area contributed by atoms with Crippen LogP contribution in [0, 0.1) is 11.8 Å². The third kappa shape index (κ3) is 1.86. The number of rotatable bonds is 2.